The molecule has 0 aliphatic carbocycles. The predicted molar refractivity (Wildman–Crippen MR) is 65.6 cm³/mol. The average Bonchev–Trinajstić information content (AvgIpc) is 2.34. The summed E-state index contributed by atoms with van der Waals surface area (Å²) in [6, 6.07) is 6.76. The first-order valence-corrected chi connectivity index (χ1v) is 5.27. The van der Waals surface area contributed by atoms with E-state index in [0.717, 1.165) is 6.07 Å². The second-order valence-electron chi connectivity index (χ2n) is 3.38. The Morgan fingerprint density at radius 2 is 2.17 bits per heavy atom. The number of benzene rings is 1. The summed E-state index contributed by atoms with van der Waals surface area (Å²) in [6.45, 7) is 0. The number of nitrogens with zero attached hydrogens (tertiary/aromatic N) is 2. The Balaban J connectivity index is 2.34. The smallest absolute Gasteiger partial charge is 0.311 e. The fourth-order valence-corrected chi connectivity index (χ4v) is 1.47. The molecule has 7 heteroatoms. The van der Waals surface area contributed by atoms with Gasteiger partial charge in [-0.3, -0.25) is 10.1 Å². The molecule has 0 saturated heterocycles. The maximum atomic E-state index is 13.2. The lowest BCUT2D eigenvalue weighted by Crippen LogP contribution is -1.99. The van der Waals surface area contributed by atoms with Crippen LogP contribution in [0.25, 0.3) is 0 Å². The molecular weight excluding hydrogens is 261 g/mol. The summed E-state index contributed by atoms with van der Waals surface area (Å²) in [6.07, 6.45) is 1.40. The van der Waals surface area contributed by atoms with Gasteiger partial charge in [-0.2, -0.15) is 0 Å². The lowest BCUT2D eigenvalue weighted by Gasteiger charge is -2.06. The van der Waals surface area contributed by atoms with E-state index in [1.54, 1.807) is 0 Å². The molecule has 0 bridgehead atoms. The first-order chi connectivity index (χ1) is 8.58. The summed E-state index contributed by atoms with van der Waals surface area (Å²) < 4.78 is 13.2. The van der Waals surface area contributed by atoms with Crippen molar-refractivity contribution in [3.63, 3.8) is 0 Å². The van der Waals surface area contributed by atoms with Crippen LogP contribution >= 0.6 is 11.6 Å². The Hall–Kier alpha value is -2.21. The first kappa shape index (κ1) is 12.3. The number of pyridine rings is 1. The summed E-state index contributed by atoms with van der Waals surface area (Å²) in [5.41, 5.74) is 0.145. The Morgan fingerprint density at radius 3 is 2.83 bits per heavy atom. The Morgan fingerprint density at radius 1 is 1.39 bits per heavy atom. The van der Waals surface area contributed by atoms with E-state index in [2.05, 4.69) is 10.3 Å². The van der Waals surface area contributed by atoms with Crippen LogP contribution in [0.1, 0.15) is 0 Å². The Kier molecular flexibility index (Phi) is 3.38. The molecule has 0 aliphatic heterocycles. The van der Waals surface area contributed by atoms with Crippen molar-refractivity contribution in [3.8, 4) is 0 Å². The molecule has 2 aromatic rings. The van der Waals surface area contributed by atoms with E-state index >= 15 is 0 Å². The van der Waals surface area contributed by atoms with Crippen LogP contribution in [-0.4, -0.2) is 9.91 Å². The zero-order valence-corrected chi connectivity index (χ0v) is 9.69. The van der Waals surface area contributed by atoms with Crippen molar-refractivity contribution in [2.24, 2.45) is 0 Å². The largest absolute Gasteiger partial charge is 0.334 e. The van der Waals surface area contributed by atoms with Crippen LogP contribution in [0.4, 0.5) is 21.6 Å². The summed E-state index contributed by atoms with van der Waals surface area (Å²) in [5, 5.41) is 13.4. The van der Waals surface area contributed by atoms with E-state index in [1.165, 1.54) is 30.5 Å². The second-order valence-corrected chi connectivity index (χ2v) is 3.79. The zero-order chi connectivity index (χ0) is 13.1. The minimum atomic E-state index is -0.611. The zero-order valence-electron chi connectivity index (χ0n) is 8.93. The third-order valence-corrected chi connectivity index (χ3v) is 2.47. The molecule has 0 aliphatic rings. The second kappa shape index (κ2) is 4.97. The van der Waals surface area contributed by atoms with Gasteiger partial charge < -0.3 is 5.32 Å². The van der Waals surface area contributed by atoms with Crippen molar-refractivity contribution >= 4 is 28.8 Å². The molecule has 0 fully saturated rings. The molecule has 18 heavy (non-hydrogen) atoms. The summed E-state index contributed by atoms with van der Waals surface area (Å²) in [5.74, 6) is -0.565. The van der Waals surface area contributed by atoms with E-state index in [-0.39, 0.29) is 16.5 Å². The van der Waals surface area contributed by atoms with Crippen LogP contribution in [0, 0.1) is 15.9 Å². The fourth-order valence-electron chi connectivity index (χ4n) is 1.35. The monoisotopic (exact) mass is 267 g/mol. The van der Waals surface area contributed by atoms with Gasteiger partial charge in [0.1, 0.15) is 5.82 Å². The predicted octanol–water partition coefficient (Wildman–Crippen LogP) is 3.53. The SMILES string of the molecule is O=[N+]([O-])c1cccnc1Nc1ccc(Cl)c(F)c1. The summed E-state index contributed by atoms with van der Waals surface area (Å²) >= 11 is 5.54. The van der Waals surface area contributed by atoms with Crippen LogP contribution < -0.4 is 5.32 Å². The van der Waals surface area contributed by atoms with Crippen LogP contribution in [0.15, 0.2) is 36.5 Å². The minimum Gasteiger partial charge on any atom is -0.334 e. The number of aromatic nitrogens is 1. The van der Waals surface area contributed by atoms with E-state index in [0.29, 0.717) is 5.69 Å². The number of hydrogen-bond acceptors (Lipinski definition) is 4. The summed E-state index contributed by atoms with van der Waals surface area (Å²) in [4.78, 5) is 14.0. The molecule has 0 saturated carbocycles. The highest BCUT2D eigenvalue weighted by Gasteiger charge is 2.14. The first-order valence-electron chi connectivity index (χ1n) is 4.89. The topological polar surface area (TPSA) is 68.1 Å². The van der Waals surface area contributed by atoms with Gasteiger partial charge in [0.25, 0.3) is 0 Å². The molecule has 1 aromatic heterocycles. The van der Waals surface area contributed by atoms with Gasteiger partial charge in [0, 0.05) is 18.0 Å². The minimum absolute atomic E-state index is 0.0175. The Bertz CT molecular complexity index is 607. The van der Waals surface area contributed by atoms with Gasteiger partial charge in [0.05, 0.1) is 9.95 Å². The molecule has 1 N–H and O–H groups in total. The maximum absolute atomic E-state index is 13.2. The molecule has 92 valence electrons. The van der Waals surface area contributed by atoms with Crippen molar-refractivity contribution in [1.29, 1.82) is 0 Å². The van der Waals surface area contributed by atoms with E-state index in [4.69, 9.17) is 11.6 Å². The number of nitrogens with one attached hydrogen (secondary N) is 1. The molecule has 1 aromatic carbocycles. The molecule has 0 spiro atoms. The molecule has 0 amide bonds. The van der Waals surface area contributed by atoms with Gasteiger partial charge in [0.15, 0.2) is 0 Å². The van der Waals surface area contributed by atoms with E-state index in [1.807, 2.05) is 0 Å². The fraction of sp³-hybridized carbons (Fsp3) is 0. The maximum Gasteiger partial charge on any atom is 0.311 e. The lowest BCUT2D eigenvalue weighted by atomic mass is 10.3. The van der Waals surface area contributed by atoms with Gasteiger partial charge >= 0.3 is 5.69 Å². The third kappa shape index (κ3) is 2.54. The number of halogens is 2. The van der Waals surface area contributed by atoms with E-state index < -0.39 is 10.7 Å². The van der Waals surface area contributed by atoms with Crippen molar-refractivity contribution < 1.29 is 9.31 Å². The van der Waals surface area contributed by atoms with Crippen molar-refractivity contribution in [2.75, 3.05) is 5.32 Å². The van der Waals surface area contributed by atoms with Crippen LogP contribution in [-0.2, 0) is 0 Å². The summed E-state index contributed by atoms with van der Waals surface area (Å²) in [7, 11) is 0. The van der Waals surface area contributed by atoms with Gasteiger partial charge in [-0.15, -0.1) is 0 Å². The molecule has 2 rings (SSSR count). The van der Waals surface area contributed by atoms with Crippen molar-refractivity contribution in [2.45, 2.75) is 0 Å². The lowest BCUT2D eigenvalue weighted by molar-refractivity contribution is -0.384. The third-order valence-electron chi connectivity index (χ3n) is 2.17. The number of rotatable bonds is 3. The van der Waals surface area contributed by atoms with Crippen molar-refractivity contribution in [1.82, 2.24) is 4.98 Å². The van der Waals surface area contributed by atoms with Crippen LogP contribution in [0.2, 0.25) is 5.02 Å². The highest BCUT2D eigenvalue weighted by molar-refractivity contribution is 6.30. The van der Waals surface area contributed by atoms with Gasteiger partial charge in [0.2, 0.25) is 5.82 Å². The van der Waals surface area contributed by atoms with Crippen LogP contribution in [0.3, 0.4) is 0 Å². The van der Waals surface area contributed by atoms with E-state index in [9.17, 15) is 14.5 Å². The molecule has 0 radical (unpaired) electrons. The normalized spacial score (nSPS) is 10.1. The molecule has 5 nitrogen and oxygen atoms in total. The number of anilines is 2. The molecule has 0 atom stereocenters. The standard InChI is InChI=1S/C11H7ClFN3O2/c12-8-4-3-7(6-9(8)13)15-11-10(16(17)18)2-1-5-14-11/h1-6H,(H,14,15). The van der Waals surface area contributed by atoms with Crippen LogP contribution in [0.5, 0.6) is 0 Å². The van der Waals surface area contributed by atoms with Gasteiger partial charge in [-0.1, -0.05) is 11.6 Å². The van der Waals surface area contributed by atoms with Crippen molar-refractivity contribution in [3.05, 3.63) is 57.5 Å². The number of nitro groups is 1. The van der Waals surface area contributed by atoms with Gasteiger partial charge in [-0.25, -0.2) is 9.37 Å². The molecule has 1 heterocycles. The average molecular weight is 268 g/mol. The quantitative estimate of drug-likeness (QED) is 0.682. The highest BCUT2D eigenvalue weighted by Crippen LogP contribution is 2.26. The van der Waals surface area contributed by atoms with Gasteiger partial charge in [-0.05, 0) is 24.3 Å². The Labute approximate surface area is 106 Å². The highest BCUT2D eigenvalue weighted by atomic mass is 35.5. The number of hydrogen-bond donors (Lipinski definition) is 1. The molecule has 0 unspecified atom stereocenters. The molecular formula is C11H7ClFN3O2.